The highest BCUT2D eigenvalue weighted by atomic mass is 16.4. The molecule has 0 rings (SSSR count). The van der Waals surface area contributed by atoms with Gasteiger partial charge in [0.05, 0.1) is 6.54 Å². The number of aliphatic carboxylic acids is 1. The van der Waals surface area contributed by atoms with Crippen molar-refractivity contribution in [3.8, 4) is 0 Å². The Kier molecular flexibility index (Phi) is 19.2. The van der Waals surface area contributed by atoms with E-state index in [0.29, 0.717) is 0 Å². The summed E-state index contributed by atoms with van der Waals surface area (Å²) in [5.41, 5.74) is 0. The van der Waals surface area contributed by atoms with E-state index in [1.807, 2.05) is 27.7 Å². The number of hydrogen-bond donors (Lipinski definition) is 2. The van der Waals surface area contributed by atoms with Crippen LogP contribution in [-0.4, -0.2) is 52.7 Å². The lowest BCUT2D eigenvalue weighted by Crippen LogP contribution is -2.54. The number of carboxylic acids is 1. The zero-order chi connectivity index (χ0) is 20.6. The lowest BCUT2D eigenvalue weighted by atomic mass is 9.99. The van der Waals surface area contributed by atoms with Crippen molar-refractivity contribution in [1.29, 1.82) is 0 Å². The van der Waals surface area contributed by atoms with E-state index in [-0.39, 0.29) is 37.6 Å². The summed E-state index contributed by atoms with van der Waals surface area (Å²) >= 11 is 0. The van der Waals surface area contributed by atoms with Crippen molar-refractivity contribution in [3.63, 3.8) is 0 Å². The molecule has 0 aliphatic carbocycles. The van der Waals surface area contributed by atoms with Gasteiger partial charge in [0.1, 0.15) is 6.04 Å². The van der Waals surface area contributed by atoms with Crippen LogP contribution < -0.4 is 5.32 Å². The molecular weight excluding hydrogens is 324 g/mol. The minimum Gasteiger partial charge on any atom is -0.480 e. The van der Waals surface area contributed by atoms with Crippen molar-refractivity contribution in [2.45, 2.75) is 74.3 Å². The average molecular weight is 360 g/mol. The molecule has 0 saturated carbocycles. The fourth-order valence-electron chi connectivity index (χ4n) is 1.85. The first-order valence-corrected chi connectivity index (χ1v) is 9.07. The van der Waals surface area contributed by atoms with Gasteiger partial charge >= 0.3 is 5.97 Å². The predicted octanol–water partition coefficient (Wildman–Crippen LogP) is 2.48. The zero-order valence-corrected chi connectivity index (χ0v) is 17.0. The molecule has 7 nitrogen and oxygen atoms in total. The van der Waals surface area contributed by atoms with Crippen LogP contribution in [0.3, 0.4) is 0 Å². The van der Waals surface area contributed by atoms with Gasteiger partial charge in [-0.3, -0.25) is 24.1 Å². The first-order chi connectivity index (χ1) is 11.8. The Morgan fingerprint density at radius 1 is 0.920 bits per heavy atom. The molecule has 1 atom stereocenters. The van der Waals surface area contributed by atoms with Crippen molar-refractivity contribution in [2.24, 2.45) is 5.92 Å². The molecule has 0 radical (unpaired) electrons. The van der Waals surface area contributed by atoms with E-state index in [9.17, 15) is 19.2 Å². The number of Topliss-reactive ketones (excluding diaryl/α,β-unsaturated/α-hetero) is 1. The molecule has 0 aromatic heterocycles. The third-order valence-electron chi connectivity index (χ3n) is 2.97. The number of nitrogens with zero attached hydrogens (tertiary/aromatic N) is 1. The lowest BCUT2D eigenvalue weighted by Gasteiger charge is -2.30. The van der Waals surface area contributed by atoms with Crippen LogP contribution in [0.4, 0.5) is 0 Å². The highest BCUT2D eigenvalue weighted by molar-refractivity contribution is 6.01. The van der Waals surface area contributed by atoms with Crippen molar-refractivity contribution < 1.29 is 24.3 Å². The van der Waals surface area contributed by atoms with Gasteiger partial charge < -0.3 is 10.4 Å². The molecule has 0 spiro atoms. The van der Waals surface area contributed by atoms with Gasteiger partial charge in [0, 0.05) is 25.3 Å². The molecule has 25 heavy (non-hydrogen) atoms. The monoisotopic (exact) mass is 360 g/mol. The van der Waals surface area contributed by atoms with E-state index in [0.717, 1.165) is 4.90 Å². The summed E-state index contributed by atoms with van der Waals surface area (Å²) in [6.45, 7) is 14.2. The van der Waals surface area contributed by atoms with Gasteiger partial charge in [-0.15, -0.1) is 0 Å². The SMILES string of the molecule is CC.CC.CCC(=O)N(C(=O)CC)C(CNCC(=O)O)C(=O)C(C)C. The summed E-state index contributed by atoms with van der Waals surface area (Å²) in [4.78, 5) is 47.7. The lowest BCUT2D eigenvalue weighted by molar-refractivity contribution is -0.152. The molecule has 2 amide bonds. The van der Waals surface area contributed by atoms with Crippen molar-refractivity contribution in [3.05, 3.63) is 0 Å². The number of amides is 2. The van der Waals surface area contributed by atoms with Crippen LogP contribution in [0, 0.1) is 5.92 Å². The zero-order valence-electron chi connectivity index (χ0n) is 17.0. The maximum Gasteiger partial charge on any atom is 0.317 e. The van der Waals surface area contributed by atoms with Gasteiger partial charge in [0.15, 0.2) is 5.78 Å². The number of ketones is 1. The second kappa shape index (κ2) is 17.1. The third-order valence-corrected chi connectivity index (χ3v) is 2.97. The molecule has 0 bridgehead atoms. The van der Waals surface area contributed by atoms with Crippen LogP contribution in [0.2, 0.25) is 0 Å². The van der Waals surface area contributed by atoms with Crippen molar-refractivity contribution in [1.82, 2.24) is 10.2 Å². The van der Waals surface area contributed by atoms with Crippen LogP contribution in [-0.2, 0) is 19.2 Å². The van der Waals surface area contributed by atoms with Crippen LogP contribution in [0.15, 0.2) is 0 Å². The topological polar surface area (TPSA) is 104 Å². The summed E-state index contributed by atoms with van der Waals surface area (Å²) in [7, 11) is 0. The molecule has 0 aliphatic heterocycles. The predicted molar refractivity (Wildman–Crippen MR) is 99.3 cm³/mol. The highest BCUT2D eigenvalue weighted by Gasteiger charge is 2.33. The normalized spacial score (nSPS) is 10.6. The van der Waals surface area contributed by atoms with Crippen molar-refractivity contribution >= 4 is 23.6 Å². The Bertz CT molecular complexity index is 392. The summed E-state index contributed by atoms with van der Waals surface area (Å²) in [5, 5.41) is 11.2. The van der Waals surface area contributed by atoms with E-state index in [1.54, 1.807) is 27.7 Å². The molecule has 0 aromatic rings. The number of imide groups is 1. The Labute approximate surface area is 152 Å². The minimum atomic E-state index is -1.07. The van der Waals surface area contributed by atoms with Crippen LogP contribution in [0.1, 0.15) is 68.2 Å². The average Bonchev–Trinajstić information content (AvgIpc) is 2.62. The van der Waals surface area contributed by atoms with E-state index >= 15 is 0 Å². The first-order valence-electron chi connectivity index (χ1n) is 9.07. The molecule has 0 saturated heterocycles. The fourth-order valence-corrected chi connectivity index (χ4v) is 1.85. The molecule has 0 aromatic carbocycles. The number of hydrogen-bond acceptors (Lipinski definition) is 5. The number of rotatable bonds is 9. The molecule has 1 unspecified atom stereocenters. The van der Waals surface area contributed by atoms with Crippen LogP contribution >= 0.6 is 0 Å². The van der Waals surface area contributed by atoms with Gasteiger partial charge in [0.2, 0.25) is 11.8 Å². The summed E-state index contributed by atoms with van der Waals surface area (Å²) in [6, 6.07) is -0.968. The molecule has 2 N–H and O–H groups in total. The van der Waals surface area contributed by atoms with E-state index < -0.39 is 23.8 Å². The summed E-state index contributed by atoms with van der Waals surface area (Å²) in [6.07, 6.45) is 0.207. The van der Waals surface area contributed by atoms with Gasteiger partial charge in [-0.05, 0) is 0 Å². The van der Waals surface area contributed by atoms with Crippen LogP contribution in [0.25, 0.3) is 0 Å². The van der Waals surface area contributed by atoms with Crippen LogP contribution in [0.5, 0.6) is 0 Å². The first kappa shape index (κ1) is 28.1. The number of carboxylic acid groups (broad SMARTS) is 1. The molecule has 0 aliphatic rings. The molecule has 0 heterocycles. The molecular formula is C18H36N2O5. The fraction of sp³-hybridized carbons (Fsp3) is 0.778. The number of nitrogens with one attached hydrogen (secondary N) is 1. The number of carbonyl (C=O) groups is 4. The maximum absolute atomic E-state index is 12.3. The Morgan fingerprint density at radius 3 is 1.60 bits per heavy atom. The van der Waals surface area contributed by atoms with Gasteiger partial charge in [-0.25, -0.2) is 0 Å². The van der Waals surface area contributed by atoms with Crippen molar-refractivity contribution in [2.75, 3.05) is 13.1 Å². The molecule has 0 fully saturated rings. The maximum atomic E-state index is 12.3. The van der Waals surface area contributed by atoms with Gasteiger partial charge in [-0.2, -0.15) is 0 Å². The standard InChI is InChI=1S/C14H24N2O5.2C2H6/c1-5-11(17)16(12(18)6-2)10(14(21)9(3)4)7-15-8-13(19)20;2*1-2/h9-10,15H,5-8H2,1-4H3,(H,19,20);2*1-2H3. The summed E-state index contributed by atoms with van der Waals surface area (Å²) < 4.78 is 0. The second-order valence-electron chi connectivity index (χ2n) is 4.96. The Hall–Kier alpha value is -1.76. The molecule has 148 valence electrons. The minimum absolute atomic E-state index is 0.0548. The Balaban J connectivity index is -0.00000112. The van der Waals surface area contributed by atoms with Gasteiger partial charge in [0.25, 0.3) is 0 Å². The smallest absolute Gasteiger partial charge is 0.317 e. The molecule has 7 heteroatoms. The van der Waals surface area contributed by atoms with E-state index in [4.69, 9.17) is 5.11 Å². The third kappa shape index (κ3) is 11.4. The van der Waals surface area contributed by atoms with Gasteiger partial charge in [-0.1, -0.05) is 55.4 Å². The summed E-state index contributed by atoms with van der Waals surface area (Å²) in [5.74, 6) is -2.56. The largest absolute Gasteiger partial charge is 0.480 e. The van der Waals surface area contributed by atoms with E-state index in [2.05, 4.69) is 5.32 Å². The van der Waals surface area contributed by atoms with E-state index in [1.165, 1.54) is 0 Å². The number of carbonyl (C=O) groups excluding carboxylic acids is 3. The highest BCUT2D eigenvalue weighted by Crippen LogP contribution is 2.11. The quantitative estimate of drug-likeness (QED) is 0.655. The Morgan fingerprint density at radius 2 is 1.32 bits per heavy atom. The second-order valence-corrected chi connectivity index (χ2v) is 4.96.